The molecule has 1 aliphatic rings. The molecule has 2 nitrogen and oxygen atoms in total. The van der Waals surface area contributed by atoms with E-state index in [1.54, 1.807) is 0 Å². The van der Waals surface area contributed by atoms with Crippen molar-refractivity contribution < 1.29 is 4.74 Å². The van der Waals surface area contributed by atoms with Gasteiger partial charge >= 0.3 is 0 Å². The van der Waals surface area contributed by atoms with Gasteiger partial charge in [0.25, 0.3) is 0 Å². The average Bonchev–Trinajstić information content (AvgIpc) is 2.39. The first kappa shape index (κ1) is 10.7. The summed E-state index contributed by atoms with van der Waals surface area (Å²) in [6.07, 6.45) is 2.14. The fourth-order valence-electron chi connectivity index (χ4n) is 2.48. The van der Waals surface area contributed by atoms with Gasteiger partial charge in [0.2, 0.25) is 0 Å². The summed E-state index contributed by atoms with van der Waals surface area (Å²) in [7, 11) is 0. The third kappa shape index (κ3) is 1.93. The summed E-state index contributed by atoms with van der Waals surface area (Å²) in [5.74, 6) is 0. The van der Waals surface area contributed by atoms with Crippen molar-refractivity contribution in [2.24, 2.45) is 0 Å². The molecule has 1 saturated heterocycles. The molecule has 1 fully saturated rings. The number of hydrogen-bond acceptors (Lipinski definition) is 2. The van der Waals surface area contributed by atoms with Crippen LogP contribution in [-0.4, -0.2) is 18.2 Å². The van der Waals surface area contributed by atoms with Crippen LogP contribution in [0.5, 0.6) is 0 Å². The summed E-state index contributed by atoms with van der Waals surface area (Å²) in [6.45, 7) is 4.00. The summed E-state index contributed by atoms with van der Waals surface area (Å²) in [5, 5.41) is 1.21. The first-order chi connectivity index (χ1) is 8.28. The van der Waals surface area contributed by atoms with E-state index in [9.17, 15) is 0 Å². The van der Waals surface area contributed by atoms with Crippen LogP contribution in [-0.2, 0) is 10.2 Å². The Kier molecular flexibility index (Phi) is 2.60. The van der Waals surface area contributed by atoms with Gasteiger partial charge < -0.3 is 4.74 Å². The lowest BCUT2D eigenvalue weighted by atomic mass is 9.79. The minimum Gasteiger partial charge on any atom is -0.381 e. The van der Waals surface area contributed by atoms with Crippen LogP contribution < -0.4 is 0 Å². The van der Waals surface area contributed by atoms with Gasteiger partial charge in [-0.15, -0.1) is 0 Å². The number of rotatable bonds is 1. The third-order valence-electron chi connectivity index (χ3n) is 3.81. The fourth-order valence-corrected chi connectivity index (χ4v) is 2.48. The fraction of sp³-hybridized carbons (Fsp3) is 0.400. The summed E-state index contributed by atoms with van der Waals surface area (Å²) in [6, 6.07) is 12.7. The zero-order valence-electron chi connectivity index (χ0n) is 10.1. The molecule has 0 saturated carbocycles. The second-order valence-electron chi connectivity index (χ2n) is 5.06. The number of ether oxygens (including phenoxy) is 1. The molecule has 0 amide bonds. The van der Waals surface area contributed by atoms with E-state index in [1.807, 2.05) is 6.07 Å². The number of nitrogens with zero attached hydrogens (tertiary/aromatic N) is 1. The zero-order valence-corrected chi connectivity index (χ0v) is 10.1. The number of fused-ring (bicyclic) bond motifs is 1. The SMILES string of the molecule is CC1(c2ccc3ccccc3n2)CCOCC1. The lowest BCUT2D eigenvalue weighted by molar-refractivity contribution is 0.0551. The van der Waals surface area contributed by atoms with Crippen LogP contribution in [0.2, 0.25) is 0 Å². The molecule has 2 heteroatoms. The Bertz CT molecular complexity index is 529. The standard InChI is InChI=1S/C15H17NO/c1-15(8-10-17-11-9-15)14-7-6-12-4-2-3-5-13(12)16-14/h2-7H,8-11H2,1H3. The van der Waals surface area contributed by atoms with Crippen LogP contribution in [0.1, 0.15) is 25.5 Å². The van der Waals surface area contributed by atoms with Gasteiger partial charge in [0.15, 0.2) is 0 Å². The van der Waals surface area contributed by atoms with Gasteiger partial charge in [-0.1, -0.05) is 31.2 Å². The van der Waals surface area contributed by atoms with E-state index < -0.39 is 0 Å². The molecule has 2 aromatic rings. The summed E-state index contributed by atoms with van der Waals surface area (Å²) >= 11 is 0. The second kappa shape index (κ2) is 4.11. The maximum atomic E-state index is 5.45. The molecule has 1 aromatic heterocycles. The summed E-state index contributed by atoms with van der Waals surface area (Å²) in [4.78, 5) is 4.82. The monoisotopic (exact) mass is 227 g/mol. The first-order valence-electron chi connectivity index (χ1n) is 6.22. The maximum absolute atomic E-state index is 5.45. The number of benzene rings is 1. The quantitative estimate of drug-likeness (QED) is 0.745. The van der Waals surface area contributed by atoms with Crippen LogP contribution in [0, 0.1) is 0 Å². The highest BCUT2D eigenvalue weighted by Crippen LogP contribution is 2.33. The average molecular weight is 227 g/mol. The molecule has 1 aromatic carbocycles. The van der Waals surface area contributed by atoms with Gasteiger partial charge in [0.1, 0.15) is 0 Å². The second-order valence-corrected chi connectivity index (χ2v) is 5.06. The van der Waals surface area contributed by atoms with Crippen molar-refractivity contribution in [2.45, 2.75) is 25.2 Å². The van der Waals surface area contributed by atoms with Crippen molar-refractivity contribution in [1.29, 1.82) is 0 Å². The van der Waals surface area contributed by atoms with Crippen molar-refractivity contribution in [2.75, 3.05) is 13.2 Å². The highest BCUT2D eigenvalue weighted by molar-refractivity contribution is 5.78. The Hall–Kier alpha value is -1.41. The molecule has 0 radical (unpaired) electrons. The number of hydrogen-bond donors (Lipinski definition) is 0. The smallest absolute Gasteiger partial charge is 0.0705 e. The topological polar surface area (TPSA) is 22.1 Å². The molecule has 1 aliphatic heterocycles. The molecule has 0 spiro atoms. The number of para-hydroxylation sites is 1. The van der Waals surface area contributed by atoms with E-state index >= 15 is 0 Å². The maximum Gasteiger partial charge on any atom is 0.0705 e. The Labute approximate surface area is 102 Å². The minimum absolute atomic E-state index is 0.183. The van der Waals surface area contributed by atoms with Crippen LogP contribution in [0.25, 0.3) is 10.9 Å². The van der Waals surface area contributed by atoms with E-state index in [4.69, 9.17) is 9.72 Å². The van der Waals surface area contributed by atoms with E-state index in [0.717, 1.165) is 31.6 Å². The largest absolute Gasteiger partial charge is 0.381 e. The predicted molar refractivity (Wildman–Crippen MR) is 69.1 cm³/mol. The molecule has 0 unspecified atom stereocenters. The lowest BCUT2D eigenvalue weighted by Gasteiger charge is -2.33. The van der Waals surface area contributed by atoms with E-state index in [-0.39, 0.29) is 5.41 Å². The molecule has 0 N–H and O–H groups in total. The molecule has 3 rings (SSSR count). The molecule has 0 atom stereocenters. The Morgan fingerprint density at radius 3 is 2.65 bits per heavy atom. The van der Waals surface area contributed by atoms with Crippen molar-refractivity contribution in [3.05, 3.63) is 42.1 Å². The van der Waals surface area contributed by atoms with Crippen LogP contribution >= 0.6 is 0 Å². The van der Waals surface area contributed by atoms with E-state index in [0.29, 0.717) is 0 Å². The van der Waals surface area contributed by atoms with Crippen LogP contribution in [0.3, 0.4) is 0 Å². The normalized spacial score (nSPS) is 19.4. The third-order valence-corrected chi connectivity index (χ3v) is 3.81. The van der Waals surface area contributed by atoms with Gasteiger partial charge in [-0.2, -0.15) is 0 Å². The minimum atomic E-state index is 0.183. The van der Waals surface area contributed by atoms with Crippen molar-refractivity contribution >= 4 is 10.9 Å². The molecular weight excluding hydrogens is 210 g/mol. The van der Waals surface area contributed by atoms with Crippen molar-refractivity contribution in [3.8, 4) is 0 Å². The molecule has 88 valence electrons. The van der Waals surface area contributed by atoms with Gasteiger partial charge in [-0.25, -0.2) is 0 Å². The van der Waals surface area contributed by atoms with Crippen molar-refractivity contribution in [1.82, 2.24) is 4.98 Å². The number of pyridine rings is 1. The van der Waals surface area contributed by atoms with E-state index in [1.165, 1.54) is 11.1 Å². The molecule has 0 bridgehead atoms. The van der Waals surface area contributed by atoms with Gasteiger partial charge in [0.05, 0.1) is 5.52 Å². The predicted octanol–water partition coefficient (Wildman–Crippen LogP) is 3.30. The molecule has 0 aliphatic carbocycles. The van der Waals surface area contributed by atoms with Gasteiger partial charge in [-0.3, -0.25) is 4.98 Å². The Morgan fingerprint density at radius 1 is 1.06 bits per heavy atom. The number of aromatic nitrogens is 1. The molecule has 2 heterocycles. The molecular formula is C15H17NO. The van der Waals surface area contributed by atoms with E-state index in [2.05, 4.69) is 37.3 Å². The lowest BCUT2D eigenvalue weighted by Crippen LogP contribution is -2.31. The summed E-state index contributed by atoms with van der Waals surface area (Å²) in [5.41, 5.74) is 2.49. The summed E-state index contributed by atoms with van der Waals surface area (Å²) < 4.78 is 5.45. The Morgan fingerprint density at radius 2 is 1.82 bits per heavy atom. The Balaban J connectivity index is 2.05. The van der Waals surface area contributed by atoms with Crippen LogP contribution in [0.15, 0.2) is 36.4 Å². The van der Waals surface area contributed by atoms with Gasteiger partial charge in [0, 0.05) is 29.7 Å². The zero-order chi connectivity index (χ0) is 11.7. The molecule has 17 heavy (non-hydrogen) atoms. The highest BCUT2D eigenvalue weighted by atomic mass is 16.5. The first-order valence-corrected chi connectivity index (χ1v) is 6.22. The van der Waals surface area contributed by atoms with Crippen LogP contribution in [0.4, 0.5) is 0 Å². The van der Waals surface area contributed by atoms with Gasteiger partial charge in [-0.05, 0) is 25.0 Å². The van der Waals surface area contributed by atoms with Crippen molar-refractivity contribution in [3.63, 3.8) is 0 Å². The highest BCUT2D eigenvalue weighted by Gasteiger charge is 2.30.